The van der Waals surface area contributed by atoms with E-state index in [-0.39, 0.29) is 5.56 Å². The summed E-state index contributed by atoms with van der Waals surface area (Å²) in [6.45, 7) is 0. The Kier molecular flexibility index (Phi) is 4.97. The van der Waals surface area contributed by atoms with Crippen LogP contribution in [0.5, 0.6) is 17.2 Å². The number of hydrogen-bond donors (Lipinski definition) is 0. The number of pyridine rings is 1. The van der Waals surface area contributed by atoms with Gasteiger partial charge in [-0.2, -0.15) is 0 Å². The summed E-state index contributed by atoms with van der Waals surface area (Å²) in [5.74, 6) is 0.789. The van der Waals surface area contributed by atoms with E-state index >= 15 is 0 Å². The zero-order valence-corrected chi connectivity index (χ0v) is 14.9. The van der Waals surface area contributed by atoms with Crippen molar-refractivity contribution in [3.05, 3.63) is 58.2 Å². The van der Waals surface area contributed by atoms with Crippen molar-refractivity contribution < 1.29 is 19.0 Å². The van der Waals surface area contributed by atoms with Gasteiger partial charge in [0.2, 0.25) is 0 Å². The van der Waals surface area contributed by atoms with Crippen LogP contribution in [0.3, 0.4) is 0 Å². The van der Waals surface area contributed by atoms with Crippen LogP contribution in [0.15, 0.2) is 42.6 Å². The standard InChI is InChI=1S/C18H13Cl2NO4/c1-23-13-8-14-17(16(9-13)24-2)15(3-4-21-14)25-18(22)10-5-11(19)7-12(20)6-10/h3-9H,1-2H3. The van der Waals surface area contributed by atoms with Gasteiger partial charge in [-0.3, -0.25) is 4.98 Å². The van der Waals surface area contributed by atoms with E-state index in [1.807, 2.05) is 0 Å². The summed E-state index contributed by atoms with van der Waals surface area (Å²) < 4.78 is 16.1. The van der Waals surface area contributed by atoms with Gasteiger partial charge in [0.05, 0.1) is 30.7 Å². The van der Waals surface area contributed by atoms with E-state index in [1.165, 1.54) is 31.5 Å². The first-order valence-electron chi connectivity index (χ1n) is 7.21. The SMILES string of the molecule is COc1cc(OC)c2c(OC(=O)c3cc(Cl)cc(Cl)c3)ccnc2c1. The maximum absolute atomic E-state index is 12.5. The second-order valence-electron chi connectivity index (χ2n) is 5.08. The molecule has 0 spiro atoms. The summed E-state index contributed by atoms with van der Waals surface area (Å²) in [4.78, 5) is 16.7. The molecule has 0 saturated heterocycles. The van der Waals surface area contributed by atoms with E-state index in [4.69, 9.17) is 37.4 Å². The lowest BCUT2D eigenvalue weighted by Gasteiger charge is -2.12. The summed E-state index contributed by atoms with van der Waals surface area (Å²) in [5, 5.41) is 1.26. The van der Waals surface area contributed by atoms with E-state index in [1.54, 1.807) is 25.3 Å². The Morgan fingerprint density at radius 3 is 2.32 bits per heavy atom. The molecule has 1 heterocycles. The smallest absolute Gasteiger partial charge is 0.343 e. The quantitative estimate of drug-likeness (QED) is 0.612. The average Bonchev–Trinajstić information content (AvgIpc) is 2.59. The number of fused-ring (bicyclic) bond motifs is 1. The predicted molar refractivity (Wildman–Crippen MR) is 96.3 cm³/mol. The number of methoxy groups -OCH3 is 2. The molecule has 1 aromatic heterocycles. The first-order chi connectivity index (χ1) is 12.0. The number of benzene rings is 2. The Morgan fingerprint density at radius 2 is 1.68 bits per heavy atom. The summed E-state index contributed by atoms with van der Waals surface area (Å²) in [5.41, 5.74) is 0.820. The highest BCUT2D eigenvalue weighted by Crippen LogP contribution is 2.36. The van der Waals surface area contributed by atoms with Gasteiger partial charge in [0.25, 0.3) is 0 Å². The van der Waals surface area contributed by atoms with Crippen LogP contribution in [0.1, 0.15) is 10.4 Å². The molecule has 0 N–H and O–H groups in total. The number of nitrogens with zero attached hydrogens (tertiary/aromatic N) is 1. The van der Waals surface area contributed by atoms with Crippen LogP contribution in [-0.4, -0.2) is 25.2 Å². The third kappa shape index (κ3) is 3.62. The van der Waals surface area contributed by atoms with E-state index < -0.39 is 5.97 Å². The highest BCUT2D eigenvalue weighted by Gasteiger charge is 2.16. The van der Waals surface area contributed by atoms with Crippen molar-refractivity contribution in [2.75, 3.05) is 14.2 Å². The Hall–Kier alpha value is -2.50. The molecule has 0 amide bonds. The lowest BCUT2D eigenvalue weighted by Crippen LogP contribution is -2.09. The molecule has 0 unspecified atom stereocenters. The Balaban J connectivity index is 2.05. The van der Waals surface area contributed by atoms with Gasteiger partial charge in [-0.25, -0.2) is 4.79 Å². The second kappa shape index (κ2) is 7.17. The molecule has 0 radical (unpaired) electrons. The fourth-order valence-electron chi connectivity index (χ4n) is 2.39. The molecule has 3 rings (SSSR count). The summed E-state index contributed by atoms with van der Waals surface area (Å²) >= 11 is 11.9. The average molecular weight is 378 g/mol. The van der Waals surface area contributed by atoms with Crippen LogP contribution in [0.2, 0.25) is 10.0 Å². The maximum Gasteiger partial charge on any atom is 0.343 e. The number of carbonyl (C=O) groups is 1. The number of carbonyl (C=O) groups excluding carboxylic acids is 1. The van der Waals surface area contributed by atoms with Gasteiger partial charge in [-0.1, -0.05) is 23.2 Å². The number of hydrogen-bond acceptors (Lipinski definition) is 5. The fraction of sp³-hybridized carbons (Fsp3) is 0.111. The summed E-state index contributed by atoms with van der Waals surface area (Å²) in [7, 11) is 3.07. The Morgan fingerprint density at radius 1 is 0.960 bits per heavy atom. The van der Waals surface area contributed by atoms with E-state index in [0.717, 1.165) is 0 Å². The van der Waals surface area contributed by atoms with Gasteiger partial charge in [0, 0.05) is 34.4 Å². The molecule has 0 saturated carbocycles. The molecule has 5 nitrogen and oxygen atoms in total. The second-order valence-corrected chi connectivity index (χ2v) is 5.95. The molecule has 0 fully saturated rings. The van der Waals surface area contributed by atoms with Crippen molar-refractivity contribution >= 4 is 40.1 Å². The van der Waals surface area contributed by atoms with Crippen molar-refractivity contribution in [3.63, 3.8) is 0 Å². The Labute approximate surface area is 154 Å². The molecule has 128 valence electrons. The van der Waals surface area contributed by atoms with E-state index in [9.17, 15) is 4.79 Å². The minimum atomic E-state index is -0.588. The minimum absolute atomic E-state index is 0.245. The third-order valence-corrected chi connectivity index (χ3v) is 3.93. The van der Waals surface area contributed by atoms with Crippen LogP contribution in [0.4, 0.5) is 0 Å². The molecule has 25 heavy (non-hydrogen) atoms. The van der Waals surface area contributed by atoms with Crippen molar-refractivity contribution in [2.24, 2.45) is 0 Å². The van der Waals surface area contributed by atoms with Gasteiger partial charge in [0.15, 0.2) is 0 Å². The molecule has 3 aromatic rings. The zero-order valence-electron chi connectivity index (χ0n) is 13.4. The summed E-state index contributed by atoms with van der Waals surface area (Å²) in [6.07, 6.45) is 1.54. The van der Waals surface area contributed by atoms with Crippen molar-refractivity contribution in [2.45, 2.75) is 0 Å². The van der Waals surface area contributed by atoms with Crippen LogP contribution in [0, 0.1) is 0 Å². The predicted octanol–water partition coefficient (Wildman–Crippen LogP) is 4.78. The van der Waals surface area contributed by atoms with Gasteiger partial charge in [-0.05, 0) is 18.2 Å². The van der Waals surface area contributed by atoms with Gasteiger partial charge >= 0.3 is 5.97 Å². The van der Waals surface area contributed by atoms with Gasteiger partial charge in [-0.15, -0.1) is 0 Å². The van der Waals surface area contributed by atoms with E-state index in [0.29, 0.717) is 38.2 Å². The van der Waals surface area contributed by atoms with Crippen LogP contribution >= 0.6 is 23.2 Å². The van der Waals surface area contributed by atoms with Crippen molar-refractivity contribution in [1.82, 2.24) is 4.98 Å². The third-order valence-electron chi connectivity index (χ3n) is 3.50. The molecular weight excluding hydrogens is 365 g/mol. The Bertz CT molecular complexity index is 939. The molecule has 7 heteroatoms. The van der Waals surface area contributed by atoms with Gasteiger partial charge in [0.1, 0.15) is 17.2 Å². The normalized spacial score (nSPS) is 10.6. The molecule has 0 aliphatic heterocycles. The van der Waals surface area contributed by atoms with Crippen LogP contribution in [0.25, 0.3) is 10.9 Å². The molecule has 0 atom stereocenters. The zero-order chi connectivity index (χ0) is 18.0. The first kappa shape index (κ1) is 17.3. The first-order valence-corrected chi connectivity index (χ1v) is 7.96. The number of aromatic nitrogens is 1. The topological polar surface area (TPSA) is 57.7 Å². The summed E-state index contributed by atoms with van der Waals surface area (Å²) in [6, 6.07) is 9.51. The molecule has 0 bridgehead atoms. The number of rotatable bonds is 4. The van der Waals surface area contributed by atoms with E-state index in [2.05, 4.69) is 4.98 Å². The van der Waals surface area contributed by atoms with Crippen LogP contribution in [-0.2, 0) is 0 Å². The van der Waals surface area contributed by atoms with Crippen molar-refractivity contribution in [3.8, 4) is 17.2 Å². The lowest BCUT2D eigenvalue weighted by atomic mass is 10.1. The number of ether oxygens (including phenoxy) is 3. The molecular formula is C18H13Cl2NO4. The monoisotopic (exact) mass is 377 g/mol. The van der Waals surface area contributed by atoms with Crippen LogP contribution < -0.4 is 14.2 Å². The van der Waals surface area contributed by atoms with Crippen molar-refractivity contribution in [1.29, 1.82) is 0 Å². The maximum atomic E-state index is 12.5. The lowest BCUT2D eigenvalue weighted by molar-refractivity contribution is 0.0737. The number of halogens is 2. The highest BCUT2D eigenvalue weighted by molar-refractivity contribution is 6.35. The number of esters is 1. The minimum Gasteiger partial charge on any atom is -0.497 e. The molecule has 2 aromatic carbocycles. The largest absolute Gasteiger partial charge is 0.497 e. The molecule has 0 aliphatic rings. The van der Waals surface area contributed by atoms with Gasteiger partial charge < -0.3 is 14.2 Å². The highest BCUT2D eigenvalue weighted by atomic mass is 35.5. The molecule has 0 aliphatic carbocycles. The fourth-order valence-corrected chi connectivity index (χ4v) is 2.91.